The van der Waals surface area contributed by atoms with Gasteiger partial charge >= 0.3 is 0 Å². The Morgan fingerprint density at radius 2 is 2.08 bits per heavy atom. The van der Waals surface area contributed by atoms with E-state index in [2.05, 4.69) is 18.0 Å². The predicted octanol–water partition coefficient (Wildman–Crippen LogP) is 4.26. The highest BCUT2D eigenvalue weighted by Crippen LogP contribution is 2.30. The van der Waals surface area contributed by atoms with Gasteiger partial charge in [-0.2, -0.15) is 0 Å². The number of H-pyrrole nitrogens is 1. The van der Waals surface area contributed by atoms with Gasteiger partial charge in [-0.05, 0) is 36.2 Å². The second-order valence-electron chi connectivity index (χ2n) is 6.44. The van der Waals surface area contributed by atoms with E-state index >= 15 is 0 Å². The molecule has 0 fully saturated rings. The number of aryl methyl sites for hydroxylation is 1. The molecule has 0 bridgehead atoms. The van der Waals surface area contributed by atoms with Crippen molar-refractivity contribution < 1.29 is 4.79 Å². The van der Waals surface area contributed by atoms with E-state index in [1.807, 2.05) is 41.3 Å². The summed E-state index contributed by atoms with van der Waals surface area (Å²) in [5, 5.41) is 1.86. The fourth-order valence-corrected chi connectivity index (χ4v) is 3.65. The summed E-state index contributed by atoms with van der Waals surface area (Å²) in [5.41, 5.74) is 5.80. The van der Waals surface area contributed by atoms with Crippen molar-refractivity contribution in [3.8, 4) is 0 Å². The zero-order chi connectivity index (χ0) is 16.7. The number of nitrogens with zero attached hydrogens (tertiary/aromatic N) is 1. The summed E-state index contributed by atoms with van der Waals surface area (Å²) in [4.78, 5) is 18.2. The number of amides is 1. The molecule has 1 N–H and O–H groups in total. The van der Waals surface area contributed by atoms with Gasteiger partial charge in [0.1, 0.15) is 0 Å². The van der Waals surface area contributed by atoms with Crippen molar-refractivity contribution in [1.29, 1.82) is 0 Å². The Balaban J connectivity index is 1.59. The van der Waals surface area contributed by atoms with Crippen LogP contribution in [-0.4, -0.2) is 22.3 Å². The molecular weight excluding hydrogens is 320 g/mol. The number of benzene rings is 2. The van der Waals surface area contributed by atoms with Crippen LogP contribution in [0.15, 0.2) is 42.5 Å². The maximum atomic E-state index is 12.7. The van der Waals surface area contributed by atoms with Gasteiger partial charge in [-0.3, -0.25) is 4.79 Å². The van der Waals surface area contributed by atoms with Crippen molar-refractivity contribution in [2.24, 2.45) is 0 Å². The van der Waals surface area contributed by atoms with Crippen LogP contribution in [0.2, 0.25) is 5.02 Å². The number of fused-ring (bicyclic) bond motifs is 3. The summed E-state index contributed by atoms with van der Waals surface area (Å²) in [6.45, 7) is 3.47. The van der Waals surface area contributed by atoms with E-state index in [1.165, 1.54) is 16.8 Å². The first-order valence-corrected chi connectivity index (χ1v) is 8.61. The lowest BCUT2D eigenvalue weighted by Gasteiger charge is -2.27. The van der Waals surface area contributed by atoms with Crippen molar-refractivity contribution in [1.82, 2.24) is 9.88 Å². The Morgan fingerprint density at radius 3 is 2.92 bits per heavy atom. The van der Waals surface area contributed by atoms with Crippen LogP contribution in [0.3, 0.4) is 0 Å². The van der Waals surface area contributed by atoms with Gasteiger partial charge in [0.2, 0.25) is 5.91 Å². The van der Waals surface area contributed by atoms with E-state index < -0.39 is 0 Å². The van der Waals surface area contributed by atoms with Crippen LogP contribution in [0.4, 0.5) is 0 Å². The molecule has 4 rings (SSSR count). The second kappa shape index (κ2) is 5.99. The van der Waals surface area contributed by atoms with Gasteiger partial charge in [0.15, 0.2) is 0 Å². The van der Waals surface area contributed by atoms with Crippen molar-refractivity contribution in [2.45, 2.75) is 26.3 Å². The first-order chi connectivity index (χ1) is 11.6. The molecule has 24 heavy (non-hydrogen) atoms. The minimum absolute atomic E-state index is 0.186. The highest BCUT2D eigenvalue weighted by molar-refractivity contribution is 6.31. The molecule has 0 saturated carbocycles. The first kappa shape index (κ1) is 15.3. The number of carbonyl (C=O) groups excluding carboxylic acids is 1. The summed E-state index contributed by atoms with van der Waals surface area (Å²) in [6, 6.07) is 14.0. The summed E-state index contributed by atoms with van der Waals surface area (Å²) in [5.74, 6) is 0.186. The molecule has 1 aliphatic heterocycles. The number of aromatic nitrogens is 1. The minimum atomic E-state index is 0.186. The van der Waals surface area contributed by atoms with Crippen molar-refractivity contribution in [2.75, 3.05) is 6.54 Å². The largest absolute Gasteiger partial charge is 0.358 e. The number of hydrogen-bond donors (Lipinski definition) is 1. The maximum Gasteiger partial charge on any atom is 0.227 e. The van der Waals surface area contributed by atoms with Gasteiger partial charge < -0.3 is 9.88 Å². The van der Waals surface area contributed by atoms with Crippen LogP contribution in [0.5, 0.6) is 0 Å². The van der Waals surface area contributed by atoms with E-state index in [4.69, 9.17) is 11.6 Å². The third kappa shape index (κ3) is 2.69. The molecule has 4 heteroatoms. The standard InChI is InChI=1S/C20H19ClN2O/c1-13-4-2-3-5-14(13)10-20(24)23-9-8-19-17(12-23)16-11-15(21)6-7-18(16)22-19/h2-7,11,22H,8-10,12H2,1H3. The highest BCUT2D eigenvalue weighted by atomic mass is 35.5. The molecule has 3 aromatic rings. The van der Waals surface area contributed by atoms with E-state index in [0.717, 1.165) is 34.5 Å². The molecule has 1 aliphatic rings. The number of hydrogen-bond acceptors (Lipinski definition) is 1. The first-order valence-electron chi connectivity index (χ1n) is 8.23. The monoisotopic (exact) mass is 338 g/mol. The Morgan fingerprint density at radius 1 is 1.25 bits per heavy atom. The summed E-state index contributed by atoms with van der Waals surface area (Å²) in [7, 11) is 0. The fourth-order valence-electron chi connectivity index (χ4n) is 3.48. The van der Waals surface area contributed by atoms with Gasteiger partial charge in [-0.1, -0.05) is 35.9 Å². The molecule has 122 valence electrons. The normalized spacial score (nSPS) is 14.0. The molecule has 0 aliphatic carbocycles. The number of halogens is 1. The smallest absolute Gasteiger partial charge is 0.227 e. The van der Waals surface area contributed by atoms with E-state index in [-0.39, 0.29) is 5.91 Å². The molecule has 1 aromatic heterocycles. The van der Waals surface area contributed by atoms with E-state index in [1.54, 1.807) is 0 Å². The SMILES string of the molecule is Cc1ccccc1CC(=O)N1CCc2[nH]c3ccc(Cl)cc3c2C1. The van der Waals surface area contributed by atoms with Crippen LogP contribution in [0.25, 0.3) is 10.9 Å². The van der Waals surface area contributed by atoms with Crippen LogP contribution < -0.4 is 0 Å². The number of nitrogens with one attached hydrogen (secondary N) is 1. The summed E-state index contributed by atoms with van der Waals surface area (Å²) >= 11 is 6.15. The molecule has 3 nitrogen and oxygen atoms in total. The predicted molar refractivity (Wildman–Crippen MR) is 97.3 cm³/mol. The third-order valence-corrected chi connectivity index (χ3v) is 5.13. The van der Waals surface area contributed by atoms with Crippen LogP contribution in [0.1, 0.15) is 22.4 Å². The van der Waals surface area contributed by atoms with Gasteiger partial charge in [0, 0.05) is 46.7 Å². The second-order valence-corrected chi connectivity index (χ2v) is 6.88. The summed E-state index contributed by atoms with van der Waals surface area (Å²) in [6.07, 6.45) is 1.33. The molecular formula is C20H19ClN2O. The lowest BCUT2D eigenvalue weighted by atomic mass is 10.0. The van der Waals surface area contributed by atoms with Gasteiger partial charge in [0.25, 0.3) is 0 Å². The summed E-state index contributed by atoms with van der Waals surface area (Å²) < 4.78 is 0. The van der Waals surface area contributed by atoms with Crippen molar-refractivity contribution in [3.63, 3.8) is 0 Å². The lowest BCUT2D eigenvalue weighted by Crippen LogP contribution is -2.36. The average molecular weight is 339 g/mol. The number of rotatable bonds is 2. The maximum absolute atomic E-state index is 12.7. The van der Waals surface area contributed by atoms with Crippen LogP contribution >= 0.6 is 11.6 Å². The average Bonchev–Trinajstić information content (AvgIpc) is 2.94. The molecule has 0 unspecified atom stereocenters. The Labute approximate surface area is 146 Å². The molecule has 1 amide bonds. The van der Waals surface area contributed by atoms with E-state index in [0.29, 0.717) is 13.0 Å². The van der Waals surface area contributed by atoms with Crippen LogP contribution in [-0.2, 0) is 24.2 Å². The minimum Gasteiger partial charge on any atom is -0.358 e. The number of aromatic amines is 1. The molecule has 0 atom stereocenters. The molecule has 0 spiro atoms. The lowest BCUT2D eigenvalue weighted by molar-refractivity contribution is -0.131. The quantitative estimate of drug-likeness (QED) is 0.744. The molecule has 0 saturated heterocycles. The molecule has 0 radical (unpaired) electrons. The van der Waals surface area contributed by atoms with Crippen molar-refractivity contribution >= 4 is 28.4 Å². The van der Waals surface area contributed by atoms with Gasteiger partial charge in [-0.15, -0.1) is 0 Å². The van der Waals surface area contributed by atoms with E-state index in [9.17, 15) is 4.79 Å². The molecule has 2 heterocycles. The van der Waals surface area contributed by atoms with Gasteiger partial charge in [-0.25, -0.2) is 0 Å². The van der Waals surface area contributed by atoms with Crippen LogP contribution in [0, 0.1) is 6.92 Å². The molecule has 2 aromatic carbocycles. The Kier molecular flexibility index (Phi) is 3.81. The highest BCUT2D eigenvalue weighted by Gasteiger charge is 2.24. The third-order valence-electron chi connectivity index (χ3n) is 4.89. The zero-order valence-corrected chi connectivity index (χ0v) is 14.4. The Bertz CT molecular complexity index is 929. The number of carbonyl (C=O) groups is 1. The van der Waals surface area contributed by atoms with Crippen molar-refractivity contribution in [3.05, 3.63) is 69.9 Å². The Hall–Kier alpha value is -2.26. The van der Waals surface area contributed by atoms with Gasteiger partial charge in [0.05, 0.1) is 6.42 Å². The topological polar surface area (TPSA) is 36.1 Å². The fraction of sp³-hybridized carbons (Fsp3) is 0.250. The zero-order valence-electron chi connectivity index (χ0n) is 13.6.